The molecule has 0 N–H and O–H groups in total. The quantitative estimate of drug-likeness (QED) is 0.774. The van der Waals surface area contributed by atoms with Crippen LogP contribution in [0, 0.1) is 5.82 Å². The number of rotatable bonds is 2. The summed E-state index contributed by atoms with van der Waals surface area (Å²) < 4.78 is 57.1. The van der Waals surface area contributed by atoms with Gasteiger partial charge in [-0.1, -0.05) is 12.1 Å². The van der Waals surface area contributed by atoms with E-state index in [0.29, 0.717) is 25.3 Å². The molecule has 3 rings (SSSR count). The summed E-state index contributed by atoms with van der Waals surface area (Å²) in [6.45, 7) is 1.84. The number of hydrogen-bond donors (Lipinski definition) is 0. The third-order valence-electron chi connectivity index (χ3n) is 4.64. The van der Waals surface area contributed by atoms with E-state index in [1.54, 1.807) is 18.2 Å². The molecule has 2 aliphatic rings. The molecule has 2 saturated heterocycles. The number of piperidine rings is 1. The molecule has 2 heterocycles. The average Bonchev–Trinajstić information content (AvgIpc) is 2.55. The third kappa shape index (κ3) is 3.77. The molecule has 2 fully saturated rings. The molecule has 1 aromatic rings. The minimum atomic E-state index is -4.31. The lowest BCUT2D eigenvalue weighted by molar-refractivity contribution is -0.239. The average molecular weight is 332 g/mol. The van der Waals surface area contributed by atoms with Crippen LogP contribution >= 0.6 is 0 Å². The van der Waals surface area contributed by atoms with Gasteiger partial charge in [0.2, 0.25) is 0 Å². The van der Waals surface area contributed by atoms with E-state index < -0.39 is 12.3 Å². The number of halogens is 4. The second-order valence-corrected chi connectivity index (χ2v) is 6.07. The van der Waals surface area contributed by atoms with Gasteiger partial charge < -0.3 is 9.64 Å². The smallest absolute Gasteiger partial charge is 0.369 e. The number of hydrogen-bond acceptors (Lipinski definition) is 3. The van der Waals surface area contributed by atoms with Gasteiger partial charge in [-0.25, -0.2) is 4.39 Å². The maximum absolute atomic E-state index is 13.8. The van der Waals surface area contributed by atoms with Crippen molar-refractivity contribution in [3.05, 3.63) is 30.1 Å². The Morgan fingerprint density at radius 1 is 1.04 bits per heavy atom. The summed E-state index contributed by atoms with van der Waals surface area (Å²) in [5.74, 6) is -0.255. The van der Waals surface area contributed by atoms with Gasteiger partial charge >= 0.3 is 6.18 Å². The number of anilines is 1. The van der Waals surface area contributed by atoms with E-state index in [0.717, 1.165) is 12.8 Å². The molecular formula is C16H20F4N2O. The fourth-order valence-corrected chi connectivity index (χ4v) is 3.38. The third-order valence-corrected chi connectivity index (χ3v) is 4.64. The van der Waals surface area contributed by atoms with Gasteiger partial charge in [0, 0.05) is 32.2 Å². The van der Waals surface area contributed by atoms with Crippen molar-refractivity contribution in [1.82, 2.24) is 4.90 Å². The van der Waals surface area contributed by atoms with E-state index in [9.17, 15) is 17.6 Å². The minimum absolute atomic E-state index is 0.103. The van der Waals surface area contributed by atoms with Gasteiger partial charge in [-0.2, -0.15) is 13.2 Å². The van der Waals surface area contributed by atoms with Crippen LogP contribution in [0.25, 0.3) is 0 Å². The number of para-hydroxylation sites is 1. The van der Waals surface area contributed by atoms with E-state index in [1.165, 1.54) is 6.07 Å². The Morgan fingerprint density at radius 2 is 1.74 bits per heavy atom. The predicted octanol–water partition coefficient (Wildman–Crippen LogP) is 3.06. The number of nitrogens with zero attached hydrogens (tertiary/aromatic N) is 2. The van der Waals surface area contributed by atoms with Crippen LogP contribution in [0.4, 0.5) is 23.2 Å². The second-order valence-electron chi connectivity index (χ2n) is 6.07. The summed E-state index contributed by atoms with van der Waals surface area (Å²) in [6.07, 6.45) is -4.54. The zero-order chi connectivity index (χ0) is 16.4. The highest BCUT2D eigenvalue weighted by molar-refractivity contribution is 5.47. The summed E-state index contributed by atoms with van der Waals surface area (Å²) in [6, 6.07) is 6.71. The van der Waals surface area contributed by atoms with E-state index in [4.69, 9.17) is 4.74 Å². The van der Waals surface area contributed by atoms with Crippen LogP contribution in [-0.4, -0.2) is 56.0 Å². The van der Waals surface area contributed by atoms with Crippen LogP contribution in [0.5, 0.6) is 0 Å². The first-order valence-corrected chi connectivity index (χ1v) is 7.87. The van der Waals surface area contributed by atoms with Gasteiger partial charge in [-0.05, 0) is 25.0 Å². The SMILES string of the molecule is Fc1ccccc1N1CCC(N2CCOC(C(F)(F)F)C2)CC1. The minimum Gasteiger partial charge on any atom is -0.369 e. The molecule has 0 aromatic heterocycles. The molecular weight excluding hydrogens is 312 g/mol. The van der Waals surface area contributed by atoms with Crippen LogP contribution < -0.4 is 4.90 Å². The van der Waals surface area contributed by atoms with Crippen LogP contribution in [0.15, 0.2) is 24.3 Å². The van der Waals surface area contributed by atoms with Crippen molar-refractivity contribution in [1.29, 1.82) is 0 Å². The molecule has 23 heavy (non-hydrogen) atoms. The monoisotopic (exact) mass is 332 g/mol. The van der Waals surface area contributed by atoms with Gasteiger partial charge in [0.25, 0.3) is 0 Å². The molecule has 1 unspecified atom stereocenters. The molecule has 0 bridgehead atoms. The summed E-state index contributed by atoms with van der Waals surface area (Å²) in [7, 11) is 0. The lowest BCUT2D eigenvalue weighted by Gasteiger charge is -2.43. The van der Waals surface area contributed by atoms with Crippen molar-refractivity contribution in [2.45, 2.75) is 31.2 Å². The van der Waals surface area contributed by atoms with Gasteiger partial charge in [0.05, 0.1) is 12.3 Å². The van der Waals surface area contributed by atoms with Gasteiger partial charge in [0.15, 0.2) is 6.10 Å². The highest BCUT2D eigenvalue weighted by Crippen LogP contribution is 2.29. The Hall–Kier alpha value is -1.34. The highest BCUT2D eigenvalue weighted by atomic mass is 19.4. The molecule has 0 amide bonds. The lowest BCUT2D eigenvalue weighted by atomic mass is 10.0. The molecule has 3 nitrogen and oxygen atoms in total. The van der Waals surface area contributed by atoms with Crippen molar-refractivity contribution in [2.24, 2.45) is 0 Å². The molecule has 128 valence electrons. The number of morpholine rings is 1. The lowest BCUT2D eigenvalue weighted by Crippen LogP contribution is -2.54. The molecule has 1 atom stereocenters. The zero-order valence-electron chi connectivity index (χ0n) is 12.7. The molecule has 2 aliphatic heterocycles. The van der Waals surface area contributed by atoms with Crippen molar-refractivity contribution >= 4 is 5.69 Å². The standard InChI is InChI=1S/C16H20F4N2O/c17-13-3-1-2-4-14(13)21-7-5-12(6-8-21)22-9-10-23-15(11-22)16(18,19)20/h1-4,12,15H,5-11H2. The summed E-state index contributed by atoms with van der Waals surface area (Å²) in [5, 5.41) is 0. The van der Waals surface area contributed by atoms with Crippen LogP contribution in [0.1, 0.15) is 12.8 Å². The largest absolute Gasteiger partial charge is 0.415 e. The highest BCUT2D eigenvalue weighted by Gasteiger charge is 2.44. The Bertz CT molecular complexity index is 529. The fourth-order valence-electron chi connectivity index (χ4n) is 3.38. The van der Waals surface area contributed by atoms with Crippen LogP contribution in [0.2, 0.25) is 0 Å². The maximum Gasteiger partial charge on any atom is 0.415 e. The molecule has 7 heteroatoms. The molecule has 0 saturated carbocycles. The van der Waals surface area contributed by atoms with Gasteiger partial charge in [-0.15, -0.1) is 0 Å². The van der Waals surface area contributed by atoms with E-state index >= 15 is 0 Å². The maximum atomic E-state index is 13.8. The topological polar surface area (TPSA) is 15.7 Å². The van der Waals surface area contributed by atoms with Crippen molar-refractivity contribution in [3.8, 4) is 0 Å². The number of benzene rings is 1. The molecule has 0 aliphatic carbocycles. The Labute approximate surface area is 132 Å². The zero-order valence-corrected chi connectivity index (χ0v) is 12.7. The van der Waals surface area contributed by atoms with Crippen molar-refractivity contribution < 1.29 is 22.3 Å². The Kier molecular flexibility index (Phi) is 4.77. The normalized spacial score (nSPS) is 24.9. The van der Waals surface area contributed by atoms with Crippen molar-refractivity contribution in [2.75, 3.05) is 37.7 Å². The Balaban J connectivity index is 1.58. The van der Waals surface area contributed by atoms with Crippen molar-refractivity contribution in [3.63, 3.8) is 0 Å². The molecule has 0 spiro atoms. The predicted molar refractivity (Wildman–Crippen MR) is 79.0 cm³/mol. The first kappa shape index (κ1) is 16.5. The van der Waals surface area contributed by atoms with Crippen LogP contribution in [-0.2, 0) is 4.74 Å². The number of alkyl halides is 3. The first-order chi connectivity index (χ1) is 10.9. The van der Waals surface area contributed by atoms with Crippen LogP contribution in [0.3, 0.4) is 0 Å². The van der Waals surface area contributed by atoms with Gasteiger partial charge in [0.1, 0.15) is 5.82 Å². The van der Waals surface area contributed by atoms with E-state index in [1.807, 2.05) is 9.80 Å². The fraction of sp³-hybridized carbons (Fsp3) is 0.625. The summed E-state index contributed by atoms with van der Waals surface area (Å²) >= 11 is 0. The number of ether oxygens (including phenoxy) is 1. The molecule has 0 radical (unpaired) electrons. The summed E-state index contributed by atoms with van der Waals surface area (Å²) in [5.41, 5.74) is 0.570. The van der Waals surface area contributed by atoms with E-state index in [2.05, 4.69) is 0 Å². The summed E-state index contributed by atoms with van der Waals surface area (Å²) in [4.78, 5) is 3.84. The second kappa shape index (κ2) is 6.65. The Morgan fingerprint density at radius 3 is 2.39 bits per heavy atom. The van der Waals surface area contributed by atoms with Gasteiger partial charge in [-0.3, -0.25) is 4.90 Å². The molecule has 1 aromatic carbocycles. The first-order valence-electron chi connectivity index (χ1n) is 7.87. The van der Waals surface area contributed by atoms with E-state index in [-0.39, 0.29) is 25.0 Å².